The molecule has 1 aromatic heterocycles. The zero-order valence-corrected chi connectivity index (χ0v) is 7.83. The maximum Gasteiger partial charge on any atom is 0.208 e. The molecule has 0 unspecified atom stereocenters. The molecule has 2 rings (SSSR count). The van der Waals surface area contributed by atoms with E-state index < -0.39 is 0 Å². The highest BCUT2D eigenvalue weighted by molar-refractivity contribution is 5.03. The van der Waals surface area contributed by atoms with Gasteiger partial charge in [-0.15, -0.1) is 0 Å². The first-order valence-electron chi connectivity index (χ1n) is 5.07. The van der Waals surface area contributed by atoms with Crippen LogP contribution in [0.2, 0.25) is 0 Å². The third-order valence-electron chi connectivity index (χ3n) is 2.71. The first-order valence-corrected chi connectivity index (χ1v) is 5.07. The number of hydrogen-bond acceptors (Lipinski definition) is 2. The number of nitrogens with zero attached hydrogens (tertiary/aromatic N) is 1. The van der Waals surface area contributed by atoms with Crippen LogP contribution in [0.25, 0.3) is 0 Å². The van der Waals surface area contributed by atoms with Crippen LogP contribution < -0.4 is 4.74 Å². The maximum atomic E-state index is 5.45. The molecule has 72 valence electrons. The van der Waals surface area contributed by atoms with Crippen LogP contribution in [0, 0.1) is 5.92 Å². The van der Waals surface area contributed by atoms with E-state index in [4.69, 9.17) is 4.74 Å². The molecule has 13 heavy (non-hydrogen) atoms. The Bertz CT molecular complexity index is 229. The van der Waals surface area contributed by atoms with Gasteiger partial charge in [-0.2, -0.15) is 5.10 Å². The number of nitrogens with one attached hydrogen (secondary N) is 1. The fourth-order valence-corrected chi connectivity index (χ4v) is 1.66. The van der Waals surface area contributed by atoms with Crippen LogP contribution in [-0.2, 0) is 0 Å². The van der Waals surface area contributed by atoms with Gasteiger partial charge < -0.3 is 4.74 Å². The molecule has 3 heteroatoms. The van der Waals surface area contributed by atoms with Crippen LogP contribution in [0.15, 0.2) is 12.3 Å². The summed E-state index contributed by atoms with van der Waals surface area (Å²) in [7, 11) is 0. The van der Waals surface area contributed by atoms with E-state index in [0.717, 1.165) is 18.4 Å². The van der Waals surface area contributed by atoms with Gasteiger partial charge in [0.1, 0.15) is 0 Å². The summed E-state index contributed by atoms with van der Waals surface area (Å²) in [5.41, 5.74) is 0. The second kappa shape index (κ2) is 4.30. The van der Waals surface area contributed by atoms with E-state index in [-0.39, 0.29) is 0 Å². The lowest BCUT2D eigenvalue weighted by molar-refractivity contribution is 0.242. The van der Waals surface area contributed by atoms with Crippen LogP contribution in [0.5, 0.6) is 5.88 Å². The Labute approximate surface area is 78.5 Å². The Morgan fingerprint density at radius 2 is 2.46 bits per heavy atom. The zero-order valence-electron chi connectivity index (χ0n) is 7.83. The van der Waals surface area contributed by atoms with Crippen molar-refractivity contribution in [2.45, 2.75) is 32.1 Å². The van der Waals surface area contributed by atoms with Crippen LogP contribution >= 0.6 is 0 Å². The predicted octanol–water partition coefficient (Wildman–Crippen LogP) is 2.37. The molecule has 1 saturated carbocycles. The molecule has 1 heterocycles. The summed E-state index contributed by atoms with van der Waals surface area (Å²) in [4.78, 5) is 0. The van der Waals surface area contributed by atoms with Crippen molar-refractivity contribution >= 4 is 0 Å². The van der Waals surface area contributed by atoms with E-state index in [1.54, 1.807) is 6.20 Å². The van der Waals surface area contributed by atoms with Crippen molar-refractivity contribution in [3.05, 3.63) is 12.3 Å². The fraction of sp³-hybridized carbons (Fsp3) is 0.700. The van der Waals surface area contributed by atoms with E-state index >= 15 is 0 Å². The minimum Gasteiger partial charge on any atom is -0.478 e. The molecule has 1 aliphatic rings. The Balaban J connectivity index is 1.53. The van der Waals surface area contributed by atoms with E-state index in [1.807, 2.05) is 6.07 Å². The molecule has 0 amide bonds. The van der Waals surface area contributed by atoms with Gasteiger partial charge >= 0.3 is 0 Å². The number of hydrogen-bond donors (Lipinski definition) is 1. The van der Waals surface area contributed by atoms with Gasteiger partial charge in [0, 0.05) is 6.07 Å². The van der Waals surface area contributed by atoms with Gasteiger partial charge in [-0.3, -0.25) is 0 Å². The van der Waals surface area contributed by atoms with Crippen LogP contribution in [0.3, 0.4) is 0 Å². The van der Waals surface area contributed by atoms with Gasteiger partial charge in [-0.1, -0.05) is 19.3 Å². The Kier molecular flexibility index (Phi) is 2.85. The summed E-state index contributed by atoms with van der Waals surface area (Å²) in [6.07, 6.45) is 8.51. The van der Waals surface area contributed by atoms with Crippen LogP contribution in [0.4, 0.5) is 0 Å². The predicted molar refractivity (Wildman–Crippen MR) is 50.7 cm³/mol. The number of rotatable bonds is 5. The van der Waals surface area contributed by atoms with Crippen molar-refractivity contribution in [3.8, 4) is 5.88 Å². The highest BCUT2D eigenvalue weighted by Gasteiger charge is 2.16. The van der Waals surface area contributed by atoms with E-state index in [9.17, 15) is 0 Å². The largest absolute Gasteiger partial charge is 0.478 e. The molecule has 0 atom stereocenters. The smallest absolute Gasteiger partial charge is 0.208 e. The number of ether oxygens (including phenoxy) is 1. The molecule has 0 saturated heterocycles. The molecular weight excluding hydrogens is 164 g/mol. The zero-order chi connectivity index (χ0) is 8.93. The standard InChI is InChI=1S/C10H16N2O/c1-3-9(4-1)5-2-8-13-10-6-7-11-12-10/h6-7,9H,1-5,8H2,(H,11,12). The third kappa shape index (κ3) is 2.47. The summed E-state index contributed by atoms with van der Waals surface area (Å²) >= 11 is 0. The second-order valence-electron chi connectivity index (χ2n) is 3.71. The third-order valence-corrected chi connectivity index (χ3v) is 2.71. The van der Waals surface area contributed by atoms with E-state index in [2.05, 4.69) is 10.2 Å². The van der Waals surface area contributed by atoms with Gasteiger partial charge in [-0.05, 0) is 18.8 Å². The fourth-order valence-electron chi connectivity index (χ4n) is 1.66. The lowest BCUT2D eigenvalue weighted by atomic mass is 9.82. The molecule has 3 nitrogen and oxygen atoms in total. The second-order valence-corrected chi connectivity index (χ2v) is 3.71. The Morgan fingerprint density at radius 1 is 1.54 bits per heavy atom. The SMILES string of the molecule is c1cc(OCCCC2CCC2)[nH]n1. The lowest BCUT2D eigenvalue weighted by Gasteiger charge is -2.24. The van der Waals surface area contributed by atoms with Crippen molar-refractivity contribution in [3.63, 3.8) is 0 Å². The van der Waals surface area contributed by atoms with Crippen molar-refractivity contribution in [1.82, 2.24) is 10.2 Å². The minimum atomic E-state index is 0.786. The molecule has 1 fully saturated rings. The molecule has 0 radical (unpaired) electrons. The summed E-state index contributed by atoms with van der Waals surface area (Å²) in [5.74, 6) is 1.78. The van der Waals surface area contributed by atoms with Crippen molar-refractivity contribution in [2.24, 2.45) is 5.92 Å². The van der Waals surface area contributed by atoms with Crippen molar-refractivity contribution < 1.29 is 4.74 Å². The quantitative estimate of drug-likeness (QED) is 0.706. The maximum absolute atomic E-state index is 5.45. The number of aromatic amines is 1. The molecule has 1 aliphatic carbocycles. The lowest BCUT2D eigenvalue weighted by Crippen LogP contribution is -2.12. The van der Waals surface area contributed by atoms with Crippen LogP contribution in [-0.4, -0.2) is 16.8 Å². The Morgan fingerprint density at radius 3 is 3.08 bits per heavy atom. The van der Waals surface area contributed by atoms with Gasteiger partial charge in [0.05, 0.1) is 12.8 Å². The molecule has 1 N–H and O–H groups in total. The van der Waals surface area contributed by atoms with Gasteiger partial charge in [0.2, 0.25) is 5.88 Å². The monoisotopic (exact) mass is 180 g/mol. The van der Waals surface area contributed by atoms with Gasteiger partial charge in [0.15, 0.2) is 0 Å². The molecule has 0 aliphatic heterocycles. The topological polar surface area (TPSA) is 37.9 Å². The normalized spacial score (nSPS) is 16.9. The Hall–Kier alpha value is -0.990. The van der Waals surface area contributed by atoms with E-state index in [0.29, 0.717) is 0 Å². The molecule has 1 aromatic rings. The molecular formula is C10H16N2O. The number of aromatic nitrogens is 2. The number of H-pyrrole nitrogens is 1. The minimum absolute atomic E-state index is 0.786. The highest BCUT2D eigenvalue weighted by atomic mass is 16.5. The summed E-state index contributed by atoms with van der Waals surface area (Å²) < 4.78 is 5.45. The first kappa shape index (κ1) is 8.60. The summed E-state index contributed by atoms with van der Waals surface area (Å²) in [6.45, 7) is 0.818. The van der Waals surface area contributed by atoms with Gasteiger partial charge in [0.25, 0.3) is 0 Å². The first-order chi connectivity index (χ1) is 6.45. The molecule has 0 bridgehead atoms. The van der Waals surface area contributed by atoms with Crippen LogP contribution in [0.1, 0.15) is 32.1 Å². The average molecular weight is 180 g/mol. The highest BCUT2D eigenvalue weighted by Crippen LogP contribution is 2.30. The average Bonchev–Trinajstić information content (AvgIpc) is 2.53. The van der Waals surface area contributed by atoms with Gasteiger partial charge in [-0.25, -0.2) is 5.10 Å². The summed E-state index contributed by atoms with van der Waals surface area (Å²) in [5, 5.41) is 6.59. The van der Waals surface area contributed by atoms with E-state index in [1.165, 1.54) is 32.1 Å². The van der Waals surface area contributed by atoms with Crippen molar-refractivity contribution in [1.29, 1.82) is 0 Å². The van der Waals surface area contributed by atoms with Crippen molar-refractivity contribution in [2.75, 3.05) is 6.61 Å². The summed E-state index contributed by atoms with van der Waals surface area (Å²) in [6, 6.07) is 1.85. The molecule has 0 spiro atoms. The molecule has 0 aromatic carbocycles.